The van der Waals surface area contributed by atoms with Crippen molar-refractivity contribution in [2.75, 3.05) is 73.1 Å². The van der Waals surface area contributed by atoms with Gasteiger partial charge in [0.05, 0.1) is 63.7 Å². The minimum atomic E-state index is -1.80. The van der Waals surface area contributed by atoms with Gasteiger partial charge in [0.25, 0.3) is 0 Å². The van der Waals surface area contributed by atoms with Crippen LogP contribution in [-0.4, -0.2) is 85.1 Å². The number of rotatable bonds is 20. The molecule has 2 N–H and O–H groups in total. The van der Waals surface area contributed by atoms with E-state index in [4.69, 9.17) is 34.2 Å². The summed E-state index contributed by atoms with van der Waals surface area (Å²) in [5, 5.41) is 78.9. The molecular formula is C78H33NO8. The molecule has 9 nitrogen and oxygen atoms in total. The number of hydrogen-bond acceptors (Lipinski definition) is 9. The lowest BCUT2D eigenvalue weighted by atomic mass is 9.68. The van der Waals surface area contributed by atoms with Crippen LogP contribution in [0.4, 0.5) is 0 Å². The normalized spacial score (nSPS) is 21.8. The largest absolute Gasteiger partial charge is 0.465 e. The van der Waals surface area contributed by atoms with Crippen molar-refractivity contribution in [2.45, 2.75) is 36.5 Å². The second-order valence-corrected chi connectivity index (χ2v) is 29.3. The van der Waals surface area contributed by atoms with Crippen LogP contribution in [-0.2, 0) is 48.8 Å². The van der Waals surface area contributed by atoms with Gasteiger partial charge in [-0.25, -0.2) is 0 Å². The molecule has 5 aliphatic carbocycles. The predicted molar refractivity (Wildman–Crippen MR) is 350 cm³/mol. The lowest BCUT2D eigenvalue weighted by molar-refractivity contribution is -0.167. The number of nitrogens with two attached hydrogens (primary N) is 1. The summed E-state index contributed by atoms with van der Waals surface area (Å²) in [5.74, 6) is -0.873. The third kappa shape index (κ3) is 2.54. The molecule has 0 saturated heterocycles. The zero-order chi connectivity index (χ0) is 54.3. The Morgan fingerprint density at radius 2 is 0.448 bits per heavy atom. The molecule has 0 heterocycles. The first-order valence-corrected chi connectivity index (χ1v) is 32.2. The van der Waals surface area contributed by atoms with E-state index in [1.807, 2.05) is 0 Å². The summed E-state index contributed by atoms with van der Waals surface area (Å²) in [4.78, 5) is 34.9. The van der Waals surface area contributed by atoms with Crippen molar-refractivity contribution in [3.63, 3.8) is 0 Å². The zero-order valence-electron chi connectivity index (χ0n) is 46.2. The summed E-state index contributed by atoms with van der Waals surface area (Å²) in [5.41, 5.74) is 6.91. The van der Waals surface area contributed by atoms with E-state index in [9.17, 15) is 0 Å². The lowest BCUT2D eigenvalue weighted by Crippen LogP contribution is -2.39. The molecule has 0 bridgehead atoms. The molecule has 1 saturated carbocycles. The van der Waals surface area contributed by atoms with Crippen LogP contribution in [0.25, 0.3) is 291 Å². The molecule has 28 aromatic carbocycles. The molecule has 28 aromatic rings. The molecule has 0 aliphatic heterocycles. The highest BCUT2D eigenvalue weighted by Gasteiger charge is 3.01. The highest BCUT2D eigenvalue weighted by atomic mass is 16.6. The van der Waals surface area contributed by atoms with Gasteiger partial charge >= 0.3 is 11.9 Å². The molecule has 0 atom stereocenters. The zero-order valence-corrected chi connectivity index (χ0v) is 46.2. The Balaban J connectivity index is 0.835. The highest BCUT2D eigenvalue weighted by molar-refractivity contribution is 6.82. The smallest absolute Gasteiger partial charge is 0.326 e. The van der Waals surface area contributed by atoms with Gasteiger partial charge in [0, 0.05) is 7.11 Å². The van der Waals surface area contributed by atoms with Crippen molar-refractivity contribution in [1.29, 1.82) is 0 Å². The summed E-state index contributed by atoms with van der Waals surface area (Å²) < 4.78 is 37.0. The SMILES string of the molecule is COCCOCCOCCOCCOC(=O)C1(C(=O)OCCCCCCN)C23c4c5c6c7c8c9c(c%10c%11c2c2c4c4c%12c5c5c6c6c8c8c%13c9c9c%10c%10c%11c%11c2c2c4c4c%12c%12c5c5c6c8c6c8c%13c9c9c%10c%10c%11c2c2c4c4c%12c5c6c5c8c9c%10c2c45)C713. The van der Waals surface area contributed by atoms with E-state index < -0.39 is 28.2 Å². The van der Waals surface area contributed by atoms with Crippen molar-refractivity contribution < 1.29 is 38.0 Å². The van der Waals surface area contributed by atoms with Crippen LogP contribution in [0.3, 0.4) is 0 Å². The summed E-state index contributed by atoms with van der Waals surface area (Å²) >= 11 is 0. The lowest BCUT2D eigenvalue weighted by Gasteiger charge is -2.32. The van der Waals surface area contributed by atoms with Gasteiger partial charge in [-0.15, -0.1) is 0 Å². The molecule has 87 heavy (non-hydrogen) atoms. The number of unbranched alkanes of at least 4 members (excludes halogenated alkanes) is 3. The topological polar surface area (TPSA) is 116 Å². The van der Waals surface area contributed by atoms with Crippen LogP contribution in [0.2, 0.25) is 0 Å². The maximum atomic E-state index is 17.5. The van der Waals surface area contributed by atoms with Crippen LogP contribution < -0.4 is 5.73 Å². The second kappa shape index (κ2) is 10.2. The first-order chi connectivity index (χ1) is 43.2. The monoisotopic (exact) mass is 1110 g/mol. The molecule has 0 aromatic heterocycles. The number of benzene rings is 18. The third-order valence-electron chi connectivity index (χ3n) is 28.0. The minimum Gasteiger partial charge on any atom is -0.465 e. The minimum absolute atomic E-state index is 0.00181. The van der Waals surface area contributed by atoms with Crippen LogP contribution >= 0.6 is 0 Å². The number of hydrogen-bond donors (Lipinski definition) is 1. The summed E-state index contributed by atoms with van der Waals surface area (Å²) in [6.45, 7) is 3.72. The number of carbonyl (C=O) groups excluding carboxylic acids is 2. The number of ether oxygens (including phenoxy) is 6. The van der Waals surface area contributed by atoms with Gasteiger partial charge in [0.15, 0.2) is 5.41 Å². The first-order valence-electron chi connectivity index (χ1n) is 32.2. The molecule has 33 rings (SSSR count). The Kier molecular flexibility index (Phi) is 4.60. The number of methoxy groups -OCH3 is 1. The van der Waals surface area contributed by atoms with Crippen LogP contribution in [0, 0.1) is 5.41 Å². The summed E-state index contributed by atoms with van der Waals surface area (Å²) in [6.07, 6.45) is 3.47. The second-order valence-electron chi connectivity index (χ2n) is 29.3. The molecule has 9 heteroatoms. The summed E-state index contributed by atoms with van der Waals surface area (Å²) in [7, 11) is 1.67. The Labute approximate surface area is 481 Å². The van der Waals surface area contributed by atoms with E-state index in [-0.39, 0.29) is 19.8 Å². The van der Waals surface area contributed by atoms with Crippen molar-refractivity contribution in [3.05, 3.63) is 22.3 Å². The van der Waals surface area contributed by atoms with Gasteiger partial charge in [-0.05, 0) is 332 Å². The third-order valence-corrected chi connectivity index (χ3v) is 28.0. The first kappa shape index (κ1) is 39.1. The molecule has 0 amide bonds. The highest BCUT2D eigenvalue weighted by Crippen LogP contribution is 2.96. The fourth-order valence-electron chi connectivity index (χ4n) is 27.1. The maximum Gasteiger partial charge on any atom is 0.326 e. The van der Waals surface area contributed by atoms with Gasteiger partial charge in [0.1, 0.15) is 6.61 Å². The summed E-state index contributed by atoms with van der Waals surface area (Å²) in [6, 6.07) is 0. The fraction of sp³-hybridized carbons (Fsp3) is 0.231. The van der Waals surface area contributed by atoms with E-state index in [2.05, 4.69) is 0 Å². The van der Waals surface area contributed by atoms with Crippen LogP contribution in [0.15, 0.2) is 0 Å². The van der Waals surface area contributed by atoms with Gasteiger partial charge in [-0.2, -0.15) is 0 Å². The van der Waals surface area contributed by atoms with E-state index in [1.54, 1.807) is 61.0 Å². The van der Waals surface area contributed by atoms with Gasteiger partial charge in [-0.1, -0.05) is 12.8 Å². The molecule has 0 radical (unpaired) electrons. The Bertz CT molecular complexity index is 7090. The maximum absolute atomic E-state index is 17.5. The van der Waals surface area contributed by atoms with Crippen molar-refractivity contribution in [1.82, 2.24) is 0 Å². The average Bonchev–Trinajstić information content (AvgIpc) is 1.36. The standard InChI is InChI=1S/C78H33NO8/c1-82-8-9-83-10-11-84-12-13-85-14-15-87-75(81)78(74(80)86-7-5-3-2-4-6-79)76-70-62-54-44-34-26-18-16-17-20-24-22(18)30-38-32(24)42-36-28(20)29-21(17)25-23-19(16)27(26)35-41-31(23)39-33(25)43-37(29)47-46(36)56-50(42)60-52(38)58(48(54)40(30)34)66(70)68(60)72-64(56)65-57(47)51(43)61-53(39)59-49(41)55(45(35)44)63(62)71(76)67(59)69(61)73(65)77(72,76)78/h2-15,79H2,1H3. The predicted octanol–water partition coefficient (Wildman–Crippen LogP) is 16.6. The fourth-order valence-corrected chi connectivity index (χ4v) is 27.1. The van der Waals surface area contributed by atoms with E-state index in [0.717, 1.165) is 19.3 Å². The molecule has 5 aliphatic rings. The van der Waals surface area contributed by atoms with E-state index in [1.165, 1.54) is 259 Å². The van der Waals surface area contributed by atoms with Gasteiger partial charge < -0.3 is 34.2 Å². The van der Waals surface area contributed by atoms with Crippen LogP contribution in [0.5, 0.6) is 0 Å². The van der Waals surface area contributed by atoms with E-state index in [0.29, 0.717) is 52.6 Å². The Morgan fingerprint density at radius 3 is 0.678 bits per heavy atom. The van der Waals surface area contributed by atoms with Gasteiger partial charge in [0.2, 0.25) is 0 Å². The average molecular weight is 1110 g/mol. The van der Waals surface area contributed by atoms with E-state index >= 15 is 9.59 Å². The van der Waals surface area contributed by atoms with Crippen molar-refractivity contribution in [2.24, 2.45) is 11.1 Å². The number of esters is 2. The molecule has 0 unspecified atom stereocenters. The molecule has 2 spiro atoms. The number of carbonyl (C=O) groups is 2. The molecular weight excluding hydrogens is 1080 g/mol. The Morgan fingerprint density at radius 1 is 0.253 bits per heavy atom. The van der Waals surface area contributed by atoms with Gasteiger partial charge in [-0.3, -0.25) is 9.59 Å². The van der Waals surface area contributed by atoms with Crippen molar-refractivity contribution in [3.8, 4) is 0 Å². The Hall–Kier alpha value is -8.80. The molecule has 398 valence electrons. The van der Waals surface area contributed by atoms with Crippen LogP contribution in [0.1, 0.15) is 47.9 Å². The van der Waals surface area contributed by atoms with Crippen molar-refractivity contribution >= 4 is 303 Å². The quantitative estimate of drug-likeness (QED) is 0.0345. The molecule has 1 fully saturated rings.